The molecule has 2 rings (SSSR count). The summed E-state index contributed by atoms with van der Waals surface area (Å²) in [6, 6.07) is 12.3. The molecular weight excluding hydrogens is 260 g/mol. The molecule has 21 heavy (non-hydrogen) atoms. The van der Waals surface area contributed by atoms with Crippen LogP contribution in [0.4, 0.5) is 11.6 Å². The van der Waals surface area contributed by atoms with Crippen molar-refractivity contribution in [2.24, 2.45) is 0 Å². The van der Waals surface area contributed by atoms with Gasteiger partial charge in [-0.1, -0.05) is 19.1 Å². The number of nitrogens with zero attached hydrogens (tertiary/aromatic N) is 3. The van der Waals surface area contributed by atoms with E-state index in [4.69, 9.17) is 0 Å². The molecule has 0 aliphatic rings. The fraction of sp³-hybridized carbons (Fsp3) is 0.412. The van der Waals surface area contributed by atoms with Gasteiger partial charge >= 0.3 is 0 Å². The first kappa shape index (κ1) is 15.3. The van der Waals surface area contributed by atoms with E-state index < -0.39 is 0 Å². The molecule has 0 aliphatic heterocycles. The van der Waals surface area contributed by atoms with Gasteiger partial charge < -0.3 is 10.2 Å². The first-order valence-electron chi connectivity index (χ1n) is 7.61. The Labute approximate surface area is 127 Å². The van der Waals surface area contributed by atoms with Gasteiger partial charge in [-0.15, -0.1) is 0 Å². The van der Waals surface area contributed by atoms with Crippen molar-refractivity contribution in [3.05, 3.63) is 47.8 Å². The minimum absolute atomic E-state index is 0.780. The molecule has 2 heterocycles. The summed E-state index contributed by atoms with van der Waals surface area (Å²) in [6.07, 6.45) is 1.09. The first-order chi connectivity index (χ1) is 10.2. The quantitative estimate of drug-likeness (QED) is 0.843. The third-order valence-electron chi connectivity index (χ3n) is 3.30. The molecule has 0 atom stereocenters. The van der Waals surface area contributed by atoms with Gasteiger partial charge in [0.15, 0.2) is 0 Å². The summed E-state index contributed by atoms with van der Waals surface area (Å²) >= 11 is 0. The fourth-order valence-electron chi connectivity index (χ4n) is 2.19. The topological polar surface area (TPSA) is 41.0 Å². The van der Waals surface area contributed by atoms with E-state index in [1.807, 2.05) is 25.1 Å². The number of hydrogen-bond acceptors (Lipinski definition) is 4. The van der Waals surface area contributed by atoms with Crippen molar-refractivity contribution in [3.8, 4) is 0 Å². The van der Waals surface area contributed by atoms with Crippen LogP contribution in [0.5, 0.6) is 0 Å². The van der Waals surface area contributed by atoms with Crippen molar-refractivity contribution in [2.75, 3.05) is 23.3 Å². The van der Waals surface area contributed by atoms with E-state index in [1.165, 1.54) is 0 Å². The molecule has 0 aromatic carbocycles. The minimum Gasteiger partial charge on any atom is -0.370 e. The summed E-state index contributed by atoms with van der Waals surface area (Å²) in [5.74, 6) is 1.92. The molecule has 0 aliphatic carbocycles. The number of anilines is 2. The minimum atomic E-state index is 0.780. The molecule has 4 nitrogen and oxygen atoms in total. The summed E-state index contributed by atoms with van der Waals surface area (Å²) in [5.41, 5.74) is 2.13. The lowest BCUT2D eigenvalue weighted by Crippen LogP contribution is -2.24. The van der Waals surface area contributed by atoms with Gasteiger partial charge in [-0.2, -0.15) is 0 Å². The second-order valence-electron chi connectivity index (χ2n) is 5.09. The van der Waals surface area contributed by atoms with E-state index in [-0.39, 0.29) is 0 Å². The maximum absolute atomic E-state index is 4.69. The maximum atomic E-state index is 4.69. The number of hydrogen-bond donors (Lipinski definition) is 1. The van der Waals surface area contributed by atoms with Gasteiger partial charge in [-0.05, 0) is 44.5 Å². The lowest BCUT2D eigenvalue weighted by molar-refractivity contribution is 0.790. The number of aromatic nitrogens is 2. The normalized spacial score (nSPS) is 10.4. The van der Waals surface area contributed by atoms with Gasteiger partial charge in [-0.3, -0.25) is 4.98 Å². The zero-order valence-corrected chi connectivity index (χ0v) is 13.1. The van der Waals surface area contributed by atoms with E-state index in [1.54, 1.807) is 0 Å². The Hall–Kier alpha value is -2.10. The molecule has 2 aromatic rings. The predicted octanol–water partition coefficient (Wildman–Crippen LogP) is 3.63. The van der Waals surface area contributed by atoms with Crippen LogP contribution in [0.1, 0.15) is 31.7 Å². The summed E-state index contributed by atoms with van der Waals surface area (Å²) in [7, 11) is 0. The first-order valence-corrected chi connectivity index (χ1v) is 7.61. The Bertz CT molecular complexity index is 568. The summed E-state index contributed by atoms with van der Waals surface area (Å²) < 4.78 is 0. The largest absolute Gasteiger partial charge is 0.370 e. The predicted molar refractivity (Wildman–Crippen MR) is 88.7 cm³/mol. The van der Waals surface area contributed by atoms with E-state index in [9.17, 15) is 0 Å². The lowest BCUT2D eigenvalue weighted by Gasteiger charge is -2.22. The molecular formula is C17H24N4. The highest BCUT2D eigenvalue weighted by molar-refractivity contribution is 5.47. The molecule has 1 N–H and O–H groups in total. The molecule has 112 valence electrons. The zero-order valence-electron chi connectivity index (χ0n) is 13.1. The molecule has 0 amide bonds. The zero-order chi connectivity index (χ0) is 15.1. The van der Waals surface area contributed by atoms with Crippen LogP contribution in [0.25, 0.3) is 0 Å². The molecule has 0 saturated carbocycles. The van der Waals surface area contributed by atoms with E-state index >= 15 is 0 Å². The van der Waals surface area contributed by atoms with E-state index in [0.29, 0.717) is 0 Å². The Morgan fingerprint density at radius 3 is 2.57 bits per heavy atom. The summed E-state index contributed by atoms with van der Waals surface area (Å²) in [5, 5.41) is 3.33. The van der Waals surface area contributed by atoms with Crippen molar-refractivity contribution in [1.82, 2.24) is 9.97 Å². The Kier molecular flexibility index (Phi) is 5.55. The van der Waals surface area contributed by atoms with Gasteiger partial charge in [0.2, 0.25) is 0 Å². The van der Waals surface area contributed by atoms with Crippen molar-refractivity contribution in [3.63, 3.8) is 0 Å². The Balaban J connectivity index is 2.13. The Morgan fingerprint density at radius 2 is 1.86 bits per heavy atom. The molecule has 0 fully saturated rings. The summed E-state index contributed by atoms with van der Waals surface area (Å²) in [4.78, 5) is 11.5. The van der Waals surface area contributed by atoms with Crippen LogP contribution in [0.3, 0.4) is 0 Å². The van der Waals surface area contributed by atoms with Gasteiger partial charge in [0.05, 0.1) is 12.2 Å². The van der Waals surface area contributed by atoms with Gasteiger partial charge in [-0.25, -0.2) is 4.98 Å². The Morgan fingerprint density at radius 1 is 1.05 bits per heavy atom. The SMILES string of the molecule is CCCNc1cccc(N(CC)Cc2cccc(C)n2)n1. The average molecular weight is 284 g/mol. The van der Waals surface area contributed by atoms with Crippen molar-refractivity contribution < 1.29 is 0 Å². The van der Waals surface area contributed by atoms with Crippen molar-refractivity contribution >= 4 is 11.6 Å². The lowest BCUT2D eigenvalue weighted by atomic mass is 10.3. The standard InChI is InChI=1S/C17H24N4/c1-4-12-18-16-10-7-11-17(20-16)21(5-2)13-15-9-6-8-14(3)19-15/h6-11H,4-5,12-13H2,1-3H3,(H,18,20). The van der Waals surface area contributed by atoms with Gasteiger partial charge in [0.1, 0.15) is 11.6 Å². The van der Waals surface area contributed by atoms with Crippen molar-refractivity contribution in [1.29, 1.82) is 0 Å². The highest BCUT2D eigenvalue weighted by atomic mass is 15.2. The third-order valence-corrected chi connectivity index (χ3v) is 3.30. The van der Waals surface area contributed by atoms with Crippen LogP contribution < -0.4 is 10.2 Å². The molecule has 0 unspecified atom stereocenters. The average Bonchev–Trinajstić information content (AvgIpc) is 2.51. The van der Waals surface area contributed by atoms with Crippen LogP contribution in [0.15, 0.2) is 36.4 Å². The molecule has 0 saturated heterocycles. The van der Waals surface area contributed by atoms with Crippen LogP contribution in [-0.4, -0.2) is 23.1 Å². The van der Waals surface area contributed by atoms with Crippen LogP contribution >= 0.6 is 0 Å². The molecule has 0 radical (unpaired) electrons. The van der Waals surface area contributed by atoms with Crippen LogP contribution in [0.2, 0.25) is 0 Å². The fourth-order valence-corrected chi connectivity index (χ4v) is 2.19. The third kappa shape index (κ3) is 4.45. The number of aryl methyl sites for hydroxylation is 1. The molecule has 0 bridgehead atoms. The van der Waals surface area contributed by atoms with Crippen LogP contribution in [-0.2, 0) is 6.54 Å². The second-order valence-corrected chi connectivity index (χ2v) is 5.09. The van der Waals surface area contributed by atoms with E-state index in [0.717, 1.165) is 49.1 Å². The molecule has 0 spiro atoms. The van der Waals surface area contributed by atoms with Crippen molar-refractivity contribution in [2.45, 2.75) is 33.7 Å². The molecule has 4 heteroatoms. The molecule has 2 aromatic heterocycles. The van der Waals surface area contributed by atoms with Gasteiger partial charge in [0, 0.05) is 18.8 Å². The number of nitrogens with one attached hydrogen (secondary N) is 1. The number of pyridine rings is 2. The van der Waals surface area contributed by atoms with E-state index in [2.05, 4.69) is 52.2 Å². The highest BCUT2D eigenvalue weighted by Crippen LogP contribution is 2.16. The maximum Gasteiger partial charge on any atom is 0.131 e. The highest BCUT2D eigenvalue weighted by Gasteiger charge is 2.08. The van der Waals surface area contributed by atoms with Gasteiger partial charge in [0.25, 0.3) is 0 Å². The monoisotopic (exact) mass is 284 g/mol. The second kappa shape index (κ2) is 7.62. The van der Waals surface area contributed by atoms with Crippen LogP contribution in [0, 0.1) is 6.92 Å². The summed E-state index contributed by atoms with van der Waals surface area (Å²) in [6.45, 7) is 8.94. The number of rotatable bonds is 7. The smallest absolute Gasteiger partial charge is 0.131 e.